The molecule has 5 heteroatoms. The zero-order chi connectivity index (χ0) is 14.9. The highest BCUT2D eigenvalue weighted by Crippen LogP contribution is 2.30. The Balaban J connectivity index is 1.47. The van der Waals surface area contributed by atoms with Gasteiger partial charge in [-0.3, -0.25) is 9.69 Å². The van der Waals surface area contributed by atoms with Crippen molar-refractivity contribution in [3.05, 3.63) is 29.3 Å². The van der Waals surface area contributed by atoms with Crippen molar-refractivity contribution in [3.63, 3.8) is 0 Å². The van der Waals surface area contributed by atoms with Crippen LogP contribution in [0.3, 0.4) is 0 Å². The second-order valence-electron chi connectivity index (χ2n) is 6.30. The summed E-state index contributed by atoms with van der Waals surface area (Å²) in [7, 11) is 0. The molecular formula is C17H22N2O3. The second kappa shape index (κ2) is 5.89. The Kier molecular flexibility index (Phi) is 3.76. The van der Waals surface area contributed by atoms with E-state index in [-0.39, 0.29) is 12.0 Å². The summed E-state index contributed by atoms with van der Waals surface area (Å²) < 4.78 is 11.7. The van der Waals surface area contributed by atoms with Gasteiger partial charge in [0.2, 0.25) is 0 Å². The van der Waals surface area contributed by atoms with Crippen molar-refractivity contribution in [3.8, 4) is 5.75 Å². The predicted molar refractivity (Wildman–Crippen MR) is 82.1 cm³/mol. The van der Waals surface area contributed by atoms with Crippen LogP contribution in [0.15, 0.2) is 18.2 Å². The molecule has 0 radical (unpaired) electrons. The predicted octanol–water partition coefficient (Wildman–Crippen LogP) is 1.56. The summed E-state index contributed by atoms with van der Waals surface area (Å²) >= 11 is 0. The molecule has 1 N–H and O–H groups in total. The van der Waals surface area contributed by atoms with Crippen LogP contribution < -0.4 is 10.1 Å². The van der Waals surface area contributed by atoms with E-state index < -0.39 is 0 Å². The maximum Gasteiger partial charge on any atom is 0.251 e. The Morgan fingerprint density at radius 1 is 1.23 bits per heavy atom. The molecule has 0 aromatic heterocycles. The molecule has 2 aliphatic heterocycles. The van der Waals surface area contributed by atoms with Gasteiger partial charge in [-0.1, -0.05) is 0 Å². The number of benzene rings is 1. The van der Waals surface area contributed by atoms with E-state index >= 15 is 0 Å². The zero-order valence-electron chi connectivity index (χ0n) is 12.7. The maximum absolute atomic E-state index is 11.6. The maximum atomic E-state index is 11.6. The summed E-state index contributed by atoms with van der Waals surface area (Å²) in [5.74, 6) is 0.911. The fraction of sp³-hybridized carbons (Fsp3) is 0.588. The van der Waals surface area contributed by atoms with Crippen molar-refractivity contribution in [2.45, 2.75) is 38.0 Å². The summed E-state index contributed by atoms with van der Waals surface area (Å²) in [6, 6.07) is 6.32. The minimum Gasteiger partial charge on any atom is -0.489 e. The number of hydrogen-bond donors (Lipinski definition) is 1. The van der Waals surface area contributed by atoms with Crippen LogP contribution in [0, 0.1) is 0 Å². The number of nitrogens with one attached hydrogen (secondary N) is 1. The first-order chi connectivity index (χ1) is 10.8. The standard InChI is InChI=1S/C17H22N2O3/c20-17-14-5-4-13(10-12(14)11-18-17)22-16-3-1-2-15(16)19-6-8-21-9-7-19/h4-5,10,15-16H,1-3,6-9,11H2,(H,18,20). The summed E-state index contributed by atoms with van der Waals surface area (Å²) in [6.07, 6.45) is 3.78. The van der Waals surface area contributed by atoms with Gasteiger partial charge in [0.15, 0.2) is 0 Å². The lowest BCUT2D eigenvalue weighted by atomic mass is 10.1. The fourth-order valence-electron chi connectivity index (χ4n) is 3.83. The topological polar surface area (TPSA) is 50.8 Å². The summed E-state index contributed by atoms with van der Waals surface area (Å²) in [5.41, 5.74) is 1.83. The Morgan fingerprint density at radius 3 is 2.95 bits per heavy atom. The van der Waals surface area contributed by atoms with Crippen molar-refractivity contribution >= 4 is 5.91 Å². The van der Waals surface area contributed by atoms with E-state index in [4.69, 9.17) is 9.47 Å². The van der Waals surface area contributed by atoms with E-state index in [9.17, 15) is 4.79 Å². The highest BCUT2D eigenvalue weighted by Gasteiger charge is 2.34. The van der Waals surface area contributed by atoms with E-state index in [2.05, 4.69) is 10.2 Å². The number of amides is 1. The van der Waals surface area contributed by atoms with Crippen LogP contribution in [0.2, 0.25) is 0 Å². The Bertz CT molecular complexity index is 569. The largest absolute Gasteiger partial charge is 0.489 e. The molecule has 1 saturated heterocycles. The Labute approximate surface area is 130 Å². The lowest BCUT2D eigenvalue weighted by molar-refractivity contribution is -0.00592. The second-order valence-corrected chi connectivity index (χ2v) is 6.30. The molecule has 4 rings (SSSR count). The molecule has 22 heavy (non-hydrogen) atoms. The van der Waals surface area contributed by atoms with E-state index in [0.29, 0.717) is 12.6 Å². The average molecular weight is 302 g/mol. The number of nitrogens with zero attached hydrogens (tertiary/aromatic N) is 1. The number of fused-ring (bicyclic) bond motifs is 1. The highest BCUT2D eigenvalue weighted by molar-refractivity contribution is 5.98. The first-order valence-corrected chi connectivity index (χ1v) is 8.21. The molecule has 1 aromatic carbocycles. The van der Waals surface area contributed by atoms with Crippen molar-refractivity contribution in [2.75, 3.05) is 26.3 Å². The molecule has 2 fully saturated rings. The third kappa shape index (κ3) is 2.59. The van der Waals surface area contributed by atoms with Gasteiger partial charge in [-0.2, -0.15) is 0 Å². The number of ether oxygens (including phenoxy) is 2. The van der Waals surface area contributed by atoms with Gasteiger partial charge in [-0.15, -0.1) is 0 Å². The summed E-state index contributed by atoms with van der Waals surface area (Å²) in [4.78, 5) is 14.1. The number of morpholine rings is 1. The molecule has 1 amide bonds. The van der Waals surface area contributed by atoms with E-state index in [1.807, 2.05) is 18.2 Å². The van der Waals surface area contributed by atoms with E-state index in [1.165, 1.54) is 12.8 Å². The molecule has 3 aliphatic rings. The van der Waals surface area contributed by atoms with E-state index in [0.717, 1.165) is 49.6 Å². The first kappa shape index (κ1) is 14.0. The van der Waals surface area contributed by atoms with Gasteiger partial charge in [0, 0.05) is 31.2 Å². The highest BCUT2D eigenvalue weighted by atomic mass is 16.5. The van der Waals surface area contributed by atoms with Gasteiger partial charge in [0.1, 0.15) is 11.9 Å². The van der Waals surface area contributed by atoms with Gasteiger partial charge in [-0.25, -0.2) is 0 Å². The van der Waals surface area contributed by atoms with Crippen LogP contribution in [0.25, 0.3) is 0 Å². The van der Waals surface area contributed by atoms with Crippen LogP contribution in [0.4, 0.5) is 0 Å². The van der Waals surface area contributed by atoms with Gasteiger partial charge in [0.25, 0.3) is 5.91 Å². The number of carbonyl (C=O) groups excluding carboxylic acids is 1. The van der Waals surface area contributed by atoms with Crippen molar-refractivity contribution in [1.82, 2.24) is 10.2 Å². The quantitative estimate of drug-likeness (QED) is 0.921. The Hall–Kier alpha value is -1.59. The molecule has 1 aromatic rings. The number of rotatable bonds is 3. The summed E-state index contributed by atoms with van der Waals surface area (Å²) in [6.45, 7) is 4.29. The van der Waals surface area contributed by atoms with Crippen molar-refractivity contribution < 1.29 is 14.3 Å². The molecular weight excluding hydrogens is 280 g/mol. The van der Waals surface area contributed by atoms with Crippen LogP contribution in [0.5, 0.6) is 5.75 Å². The lowest BCUT2D eigenvalue weighted by Crippen LogP contribution is -2.48. The molecule has 0 bridgehead atoms. The minimum absolute atomic E-state index is 0.0219. The molecule has 1 aliphatic carbocycles. The van der Waals surface area contributed by atoms with Gasteiger partial charge < -0.3 is 14.8 Å². The third-order valence-corrected chi connectivity index (χ3v) is 4.98. The van der Waals surface area contributed by atoms with Gasteiger partial charge >= 0.3 is 0 Å². The van der Waals surface area contributed by atoms with Crippen molar-refractivity contribution in [2.24, 2.45) is 0 Å². The smallest absolute Gasteiger partial charge is 0.251 e. The normalized spacial score (nSPS) is 28.5. The SMILES string of the molecule is O=C1NCc2cc(OC3CCCC3N3CCOCC3)ccc21. The minimum atomic E-state index is 0.0219. The van der Waals surface area contributed by atoms with Crippen molar-refractivity contribution in [1.29, 1.82) is 0 Å². The monoisotopic (exact) mass is 302 g/mol. The number of carbonyl (C=O) groups is 1. The lowest BCUT2D eigenvalue weighted by Gasteiger charge is -2.35. The van der Waals surface area contributed by atoms with Crippen LogP contribution in [0.1, 0.15) is 35.2 Å². The molecule has 0 spiro atoms. The molecule has 2 unspecified atom stereocenters. The van der Waals surface area contributed by atoms with Gasteiger partial charge in [-0.05, 0) is 43.0 Å². The third-order valence-electron chi connectivity index (χ3n) is 4.98. The number of hydrogen-bond acceptors (Lipinski definition) is 4. The molecule has 2 atom stereocenters. The molecule has 118 valence electrons. The molecule has 5 nitrogen and oxygen atoms in total. The van der Waals surface area contributed by atoms with Crippen LogP contribution in [-0.4, -0.2) is 49.3 Å². The van der Waals surface area contributed by atoms with Crippen LogP contribution in [-0.2, 0) is 11.3 Å². The van der Waals surface area contributed by atoms with E-state index in [1.54, 1.807) is 0 Å². The molecule has 1 saturated carbocycles. The fourth-order valence-corrected chi connectivity index (χ4v) is 3.83. The summed E-state index contributed by atoms with van der Waals surface area (Å²) in [5, 5.41) is 2.85. The first-order valence-electron chi connectivity index (χ1n) is 8.21. The molecule has 2 heterocycles. The zero-order valence-corrected chi connectivity index (χ0v) is 12.7. The van der Waals surface area contributed by atoms with Gasteiger partial charge in [0.05, 0.1) is 13.2 Å². The van der Waals surface area contributed by atoms with Crippen LogP contribution >= 0.6 is 0 Å². The average Bonchev–Trinajstić information content (AvgIpc) is 3.15. The Morgan fingerprint density at radius 2 is 2.09 bits per heavy atom.